The van der Waals surface area contributed by atoms with Crippen molar-refractivity contribution >= 4 is 39.6 Å². The first kappa shape index (κ1) is 16.8. The maximum Gasteiger partial charge on any atom is 0.227 e. The third-order valence-corrected chi connectivity index (χ3v) is 5.74. The van der Waals surface area contributed by atoms with Crippen LogP contribution in [0.15, 0.2) is 60.0 Å². The van der Waals surface area contributed by atoms with Crippen LogP contribution in [0.3, 0.4) is 0 Å². The van der Waals surface area contributed by atoms with E-state index in [1.54, 1.807) is 16.2 Å². The monoisotopic (exact) mass is 364 g/mol. The minimum atomic E-state index is -0.287. The summed E-state index contributed by atoms with van der Waals surface area (Å²) in [4.78, 5) is 28.0. The fourth-order valence-electron chi connectivity index (χ4n) is 3.47. The lowest BCUT2D eigenvalue weighted by Gasteiger charge is -2.19. The van der Waals surface area contributed by atoms with Crippen molar-refractivity contribution in [3.05, 3.63) is 64.9 Å². The van der Waals surface area contributed by atoms with Gasteiger partial charge in [-0.1, -0.05) is 42.5 Å². The topological polar surface area (TPSA) is 49.4 Å². The van der Waals surface area contributed by atoms with Crippen LogP contribution in [0.2, 0.25) is 0 Å². The fraction of sp³-hybridized carbons (Fsp3) is 0.238. The van der Waals surface area contributed by atoms with Crippen LogP contribution >= 0.6 is 11.3 Å². The summed E-state index contributed by atoms with van der Waals surface area (Å²) in [6.45, 7) is 1.05. The lowest BCUT2D eigenvalue weighted by Crippen LogP contribution is -2.34. The van der Waals surface area contributed by atoms with Crippen molar-refractivity contribution in [1.29, 1.82) is 0 Å². The predicted octanol–water partition coefficient (Wildman–Crippen LogP) is 3.61. The van der Waals surface area contributed by atoms with Crippen LogP contribution in [0.5, 0.6) is 0 Å². The minimum Gasteiger partial charge on any atom is -0.355 e. The number of fused-ring (bicyclic) bond motifs is 1. The third-order valence-electron chi connectivity index (χ3n) is 4.80. The average Bonchev–Trinajstić information content (AvgIpc) is 3.31. The molecule has 2 aromatic carbocycles. The highest BCUT2D eigenvalue weighted by Crippen LogP contribution is 2.31. The van der Waals surface area contributed by atoms with Gasteiger partial charge in [0.05, 0.1) is 11.6 Å². The second-order valence-electron chi connectivity index (χ2n) is 6.52. The molecule has 1 aliphatic heterocycles. The van der Waals surface area contributed by atoms with E-state index in [1.165, 1.54) is 4.88 Å². The first-order valence-corrected chi connectivity index (χ1v) is 9.68. The molecule has 4 rings (SSSR count). The summed E-state index contributed by atoms with van der Waals surface area (Å²) in [6, 6.07) is 18.0. The van der Waals surface area contributed by atoms with Crippen LogP contribution in [0, 0.1) is 5.92 Å². The van der Waals surface area contributed by atoms with E-state index >= 15 is 0 Å². The fourth-order valence-corrected chi connectivity index (χ4v) is 4.18. The van der Waals surface area contributed by atoms with Crippen molar-refractivity contribution in [2.75, 3.05) is 18.0 Å². The van der Waals surface area contributed by atoms with Gasteiger partial charge in [-0.2, -0.15) is 0 Å². The number of carbonyl (C=O) groups is 2. The Bertz CT molecular complexity index is 931. The molecule has 2 heterocycles. The number of nitrogens with zero attached hydrogens (tertiary/aromatic N) is 1. The Morgan fingerprint density at radius 1 is 1.12 bits per heavy atom. The average molecular weight is 364 g/mol. The third kappa shape index (κ3) is 3.35. The summed E-state index contributed by atoms with van der Waals surface area (Å²) in [5.41, 5.74) is 0.891. The lowest BCUT2D eigenvalue weighted by atomic mass is 10.1. The highest BCUT2D eigenvalue weighted by Gasteiger charge is 2.35. The van der Waals surface area contributed by atoms with E-state index in [1.807, 2.05) is 53.9 Å². The van der Waals surface area contributed by atoms with Gasteiger partial charge >= 0.3 is 0 Å². The highest BCUT2D eigenvalue weighted by atomic mass is 32.1. The Morgan fingerprint density at radius 3 is 2.81 bits per heavy atom. The minimum absolute atomic E-state index is 0.0137. The normalized spacial score (nSPS) is 17.0. The molecule has 0 spiro atoms. The van der Waals surface area contributed by atoms with Gasteiger partial charge in [0.25, 0.3) is 0 Å². The molecule has 26 heavy (non-hydrogen) atoms. The Hall–Kier alpha value is -2.66. The van der Waals surface area contributed by atoms with E-state index in [9.17, 15) is 9.59 Å². The van der Waals surface area contributed by atoms with Gasteiger partial charge in [-0.25, -0.2) is 0 Å². The number of rotatable bonds is 5. The molecule has 0 aliphatic carbocycles. The van der Waals surface area contributed by atoms with E-state index in [0.717, 1.165) is 22.9 Å². The second-order valence-corrected chi connectivity index (χ2v) is 7.56. The molecule has 4 nitrogen and oxygen atoms in total. The summed E-state index contributed by atoms with van der Waals surface area (Å²) in [6.07, 6.45) is 1.10. The van der Waals surface area contributed by atoms with Crippen LogP contribution < -0.4 is 10.2 Å². The van der Waals surface area contributed by atoms with Crippen molar-refractivity contribution in [2.45, 2.75) is 12.8 Å². The molecule has 1 fully saturated rings. The van der Waals surface area contributed by atoms with Crippen LogP contribution in [0.25, 0.3) is 10.8 Å². The molecule has 1 atom stereocenters. The number of thiophene rings is 1. The lowest BCUT2D eigenvalue weighted by molar-refractivity contribution is -0.126. The van der Waals surface area contributed by atoms with Gasteiger partial charge in [0.1, 0.15) is 0 Å². The Labute approximate surface area is 156 Å². The SMILES string of the molecule is O=C(NCCc1cccs1)C1CC(=O)N(c2cccc3ccccc23)C1. The summed E-state index contributed by atoms with van der Waals surface area (Å²) < 4.78 is 0. The van der Waals surface area contributed by atoms with Gasteiger partial charge in [0, 0.05) is 29.8 Å². The number of nitrogens with one attached hydrogen (secondary N) is 1. The largest absolute Gasteiger partial charge is 0.355 e. The van der Waals surface area contributed by atoms with Crippen LogP contribution in [0.1, 0.15) is 11.3 Å². The number of carbonyl (C=O) groups excluding carboxylic acids is 2. The molecule has 3 aromatic rings. The summed E-state index contributed by atoms with van der Waals surface area (Å²) >= 11 is 1.69. The van der Waals surface area contributed by atoms with Crippen molar-refractivity contribution < 1.29 is 9.59 Å². The number of benzene rings is 2. The Kier molecular flexibility index (Phi) is 4.71. The van der Waals surface area contributed by atoms with Gasteiger partial charge < -0.3 is 10.2 Å². The molecule has 1 aliphatic rings. The Morgan fingerprint density at radius 2 is 1.96 bits per heavy atom. The number of hydrogen-bond donors (Lipinski definition) is 1. The van der Waals surface area contributed by atoms with Gasteiger partial charge in [0.2, 0.25) is 11.8 Å². The summed E-state index contributed by atoms with van der Waals surface area (Å²) in [5, 5.41) is 7.16. The molecule has 0 radical (unpaired) electrons. The number of anilines is 1. The van der Waals surface area contributed by atoms with Crippen LogP contribution in [-0.2, 0) is 16.0 Å². The molecule has 1 N–H and O–H groups in total. The van der Waals surface area contributed by atoms with Gasteiger partial charge in [0.15, 0.2) is 0 Å². The zero-order valence-corrected chi connectivity index (χ0v) is 15.2. The zero-order valence-electron chi connectivity index (χ0n) is 14.4. The molecular weight excluding hydrogens is 344 g/mol. The van der Waals surface area contributed by atoms with Crippen LogP contribution in [-0.4, -0.2) is 24.9 Å². The van der Waals surface area contributed by atoms with Crippen molar-refractivity contribution in [3.8, 4) is 0 Å². The molecule has 2 amide bonds. The molecule has 1 saturated heterocycles. The summed E-state index contributed by atoms with van der Waals surface area (Å²) in [7, 11) is 0. The van der Waals surface area contributed by atoms with Crippen LogP contribution in [0.4, 0.5) is 5.69 Å². The van der Waals surface area contributed by atoms with Crippen molar-refractivity contribution in [2.24, 2.45) is 5.92 Å². The number of hydrogen-bond acceptors (Lipinski definition) is 3. The Balaban J connectivity index is 1.44. The molecule has 0 saturated carbocycles. The molecular formula is C21H20N2O2S. The van der Waals surface area contributed by atoms with E-state index in [4.69, 9.17) is 0 Å². The molecule has 1 unspecified atom stereocenters. The zero-order chi connectivity index (χ0) is 17.9. The smallest absolute Gasteiger partial charge is 0.227 e. The van der Waals surface area contributed by atoms with Gasteiger partial charge in [-0.05, 0) is 29.3 Å². The van der Waals surface area contributed by atoms with Crippen molar-refractivity contribution in [1.82, 2.24) is 5.32 Å². The summed E-state index contributed by atoms with van der Waals surface area (Å²) in [5.74, 6) is -0.304. The van der Waals surface area contributed by atoms with E-state index in [2.05, 4.69) is 11.4 Å². The quantitative estimate of drug-likeness (QED) is 0.752. The highest BCUT2D eigenvalue weighted by molar-refractivity contribution is 7.09. The first-order valence-electron chi connectivity index (χ1n) is 8.80. The first-order chi connectivity index (χ1) is 12.7. The van der Waals surface area contributed by atoms with E-state index < -0.39 is 0 Å². The van der Waals surface area contributed by atoms with Crippen molar-refractivity contribution in [3.63, 3.8) is 0 Å². The van der Waals surface area contributed by atoms with Gasteiger partial charge in [-0.3, -0.25) is 9.59 Å². The number of amides is 2. The second kappa shape index (κ2) is 7.30. The van der Waals surface area contributed by atoms with Gasteiger partial charge in [-0.15, -0.1) is 11.3 Å². The standard InChI is InChI=1S/C21H20N2O2S/c24-20-13-16(21(25)22-11-10-17-7-4-12-26-17)14-23(20)19-9-3-6-15-5-1-2-8-18(15)19/h1-9,12,16H,10-11,13-14H2,(H,22,25). The molecule has 132 valence electrons. The maximum atomic E-state index is 12.5. The maximum absolute atomic E-state index is 12.5. The van der Waals surface area contributed by atoms with E-state index in [0.29, 0.717) is 13.1 Å². The van der Waals surface area contributed by atoms with E-state index in [-0.39, 0.29) is 24.2 Å². The molecule has 5 heteroatoms. The molecule has 1 aromatic heterocycles. The molecule has 0 bridgehead atoms. The predicted molar refractivity (Wildman–Crippen MR) is 105 cm³/mol.